The second kappa shape index (κ2) is 9.18. The van der Waals surface area contributed by atoms with Crippen molar-refractivity contribution in [1.82, 2.24) is 9.97 Å². The van der Waals surface area contributed by atoms with E-state index in [-0.39, 0.29) is 11.8 Å². The van der Waals surface area contributed by atoms with Crippen LogP contribution in [0.25, 0.3) is 0 Å². The first-order valence-electron chi connectivity index (χ1n) is 11.0. The Bertz CT molecular complexity index is 1060. The summed E-state index contributed by atoms with van der Waals surface area (Å²) >= 11 is 0. The Kier molecular flexibility index (Phi) is 6.35. The van der Waals surface area contributed by atoms with E-state index < -0.39 is 11.7 Å². The lowest BCUT2D eigenvalue weighted by Crippen LogP contribution is -2.13. The summed E-state index contributed by atoms with van der Waals surface area (Å²) in [5.41, 5.74) is 2.70. The molecule has 0 bridgehead atoms. The number of hydrogen-bond acceptors (Lipinski definition) is 4. The van der Waals surface area contributed by atoms with E-state index in [2.05, 4.69) is 34.4 Å². The number of hydrogen-bond donors (Lipinski definition) is 2. The van der Waals surface area contributed by atoms with Crippen molar-refractivity contribution >= 4 is 23.1 Å². The molecule has 4 rings (SSSR count). The molecule has 0 radical (unpaired) electrons. The van der Waals surface area contributed by atoms with Crippen molar-refractivity contribution in [2.75, 3.05) is 10.6 Å². The van der Waals surface area contributed by atoms with E-state index in [4.69, 9.17) is 0 Å². The molecule has 1 heterocycles. The minimum atomic E-state index is -4.57. The van der Waals surface area contributed by atoms with Crippen LogP contribution >= 0.6 is 0 Å². The number of rotatable bonds is 6. The van der Waals surface area contributed by atoms with Gasteiger partial charge in [0.25, 0.3) is 0 Å². The average molecular weight is 441 g/mol. The molecule has 168 valence electrons. The maximum atomic E-state index is 13.7. The molecule has 1 aromatic heterocycles. The van der Waals surface area contributed by atoms with Crippen molar-refractivity contribution < 1.29 is 13.2 Å². The molecule has 0 atom stereocenters. The molecule has 0 amide bonds. The molecule has 0 aliphatic heterocycles. The molecule has 0 spiro atoms. The van der Waals surface area contributed by atoms with Crippen molar-refractivity contribution in [1.29, 1.82) is 0 Å². The fourth-order valence-corrected chi connectivity index (χ4v) is 4.16. The second-order valence-corrected chi connectivity index (χ2v) is 8.55. The second-order valence-electron chi connectivity index (χ2n) is 8.55. The average Bonchev–Trinajstić information content (AvgIpc) is 3.28. The van der Waals surface area contributed by atoms with Gasteiger partial charge in [-0.2, -0.15) is 18.2 Å². The first-order chi connectivity index (χ1) is 15.3. The molecule has 0 saturated heterocycles. The lowest BCUT2D eigenvalue weighted by Gasteiger charge is -2.19. The molecule has 2 aromatic carbocycles. The zero-order valence-electron chi connectivity index (χ0n) is 18.2. The van der Waals surface area contributed by atoms with Crippen LogP contribution in [0.15, 0.2) is 54.7 Å². The molecule has 0 unspecified atom stereocenters. The Hall–Kier alpha value is -3.09. The van der Waals surface area contributed by atoms with Gasteiger partial charge >= 0.3 is 6.18 Å². The summed E-state index contributed by atoms with van der Waals surface area (Å²) in [7, 11) is 0. The van der Waals surface area contributed by atoms with Crippen molar-refractivity contribution in [2.45, 2.75) is 57.5 Å². The monoisotopic (exact) mass is 440 g/mol. The summed E-state index contributed by atoms with van der Waals surface area (Å²) < 4.78 is 41.1. The summed E-state index contributed by atoms with van der Waals surface area (Å²) in [6.45, 7) is 4.20. The number of alkyl halides is 3. The minimum Gasteiger partial charge on any atom is -0.339 e. The van der Waals surface area contributed by atoms with Crippen LogP contribution in [0.1, 0.15) is 68.1 Å². The third-order valence-corrected chi connectivity index (χ3v) is 5.94. The third-order valence-electron chi connectivity index (χ3n) is 5.94. The Balaban J connectivity index is 1.65. The first-order valence-corrected chi connectivity index (χ1v) is 11.0. The zero-order valence-corrected chi connectivity index (χ0v) is 18.2. The predicted molar refractivity (Wildman–Crippen MR) is 122 cm³/mol. The molecule has 3 aromatic rings. The van der Waals surface area contributed by atoms with Crippen LogP contribution in [-0.2, 0) is 6.18 Å². The molecule has 1 saturated carbocycles. The number of nitrogens with one attached hydrogen (secondary N) is 2. The number of para-hydroxylation sites is 1. The Morgan fingerprint density at radius 3 is 2.28 bits per heavy atom. The van der Waals surface area contributed by atoms with Gasteiger partial charge in [0.15, 0.2) is 0 Å². The fourth-order valence-electron chi connectivity index (χ4n) is 4.16. The maximum absolute atomic E-state index is 13.7. The Morgan fingerprint density at radius 2 is 1.62 bits per heavy atom. The summed E-state index contributed by atoms with van der Waals surface area (Å²) in [5, 5.41) is 5.98. The highest BCUT2D eigenvalue weighted by atomic mass is 19.4. The van der Waals surface area contributed by atoms with Crippen molar-refractivity contribution in [3.8, 4) is 0 Å². The SMILES string of the molecule is CC(C)c1ccc(Nc2ncc(C(F)(F)F)c(Nc3ccccc3C3CCCC3)n2)cc1. The Morgan fingerprint density at radius 1 is 0.938 bits per heavy atom. The van der Waals surface area contributed by atoms with E-state index in [9.17, 15) is 13.2 Å². The molecule has 2 N–H and O–H groups in total. The van der Waals surface area contributed by atoms with E-state index in [1.165, 1.54) is 5.56 Å². The Labute approximate surface area is 186 Å². The number of benzene rings is 2. The van der Waals surface area contributed by atoms with Crippen LogP contribution in [-0.4, -0.2) is 9.97 Å². The van der Waals surface area contributed by atoms with Crippen LogP contribution in [0, 0.1) is 0 Å². The third kappa shape index (κ3) is 5.03. The van der Waals surface area contributed by atoms with Crippen molar-refractivity contribution in [3.05, 3.63) is 71.4 Å². The van der Waals surface area contributed by atoms with Gasteiger partial charge in [-0.05, 0) is 54.0 Å². The van der Waals surface area contributed by atoms with Crippen molar-refractivity contribution in [3.63, 3.8) is 0 Å². The largest absolute Gasteiger partial charge is 0.421 e. The molecule has 1 aliphatic carbocycles. The standard InChI is InChI=1S/C25H27F3N4/c1-16(2)17-11-13-19(14-12-17)30-24-29-15-21(25(26,27)28)23(32-24)31-22-10-6-5-9-20(22)18-7-3-4-8-18/h5-6,9-16,18H,3-4,7-8H2,1-2H3,(H2,29,30,31,32). The summed E-state index contributed by atoms with van der Waals surface area (Å²) in [6.07, 6.45) is 0.649. The minimum absolute atomic E-state index is 0.108. The number of halogens is 3. The molecular formula is C25H27F3N4. The van der Waals surface area contributed by atoms with E-state index >= 15 is 0 Å². The van der Waals surface area contributed by atoms with Gasteiger partial charge in [0.1, 0.15) is 11.4 Å². The molecule has 4 nitrogen and oxygen atoms in total. The quantitative estimate of drug-likeness (QED) is 0.411. The van der Waals surface area contributed by atoms with E-state index in [1.54, 1.807) is 0 Å². The highest BCUT2D eigenvalue weighted by Gasteiger charge is 2.35. The smallest absolute Gasteiger partial charge is 0.339 e. The van der Waals surface area contributed by atoms with E-state index in [0.29, 0.717) is 23.2 Å². The summed E-state index contributed by atoms with van der Waals surface area (Å²) in [4.78, 5) is 8.12. The van der Waals surface area contributed by atoms with Crippen LogP contribution in [0.4, 0.5) is 36.3 Å². The number of aromatic nitrogens is 2. The lowest BCUT2D eigenvalue weighted by atomic mass is 9.96. The van der Waals surface area contributed by atoms with Crippen molar-refractivity contribution in [2.24, 2.45) is 0 Å². The number of nitrogens with zero attached hydrogens (tertiary/aromatic N) is 2. The van der Waals surface area contributed by atoms with Crippen LogP contribution in [0.5, 0.6) is 0 Å². The molecule has 7 heteroatoms. The topological polar surface area (TPSA) is 49.8 Å². The highest BCUT2D eigenvalue weighted by molar-refractivity contribution is 5.66. The van der Waals surface area contributed by atoms with Gasteiger partial charge in [-0.3, -0.25) is 0 Å². The van der Waals surface area contributed by atoms with Gasteiger partial charge in [-0.1, -0.05) is 57.0 Å². The normalized spacial score (nSPS) is 14.7. The fraction of sp³-hybridized carbons (Fsp3) is 0.360. The molecule has 32 heavy (non-hydrogen) atoms. The van der Waals surface area contributed by atoms with E-state index in [0.717, 1.165) is 37.4 Å². The van der Waals surface area contributed by atoms with Gasteiger partial charge < -0.3 is 10.6 Å². The highest BCUT2D eigenvalue weighted by Crippen LogP contribution is 2.40. The lowest BCUT2D eigenvalue weighted by molar-refractivity contribution is -0.137. The van der Waals surface area contributed by atoms with Gasteiger partial charge in [0.2, 0.25) is 5.95 Å². The van der Waals surface area contributed by atoms with Gasteiger partial charge in [-0.25, -0.2) is 4.98 Å². The van der Waals surface area contributed by atoms with Crippen LogP contribution < -0.4 is 10.6 Å². The predicted octanol–water partition coefficient (Wildman–Crippen LogP) is 7.76. The van der Waals surface area contributed by atoms with E-state index in [1.807, 2.05) is 48.5 Å². The molecule has 1 fully saturated rings. The first kappa shape index (κ1) is 22.1. The zero-order chi connectivity index (χ0) is 22.7. The van der Waals surface area contributed by atoms with Crippen LogP contribution in [0.2, 0.25) is 0 Å². The van der Waals surface area contributed by atoms with Gasteiger partial charge in [0, 0.05) is 17.6 Å². The van der Waals surface area contributed by atoms with Crippen LogP contribution in [0.3, 0.4) is 0 Å². The summed E-state index contributed by atoms with van der Waals surface area (Å²) in [6, 6.07) is 15.3. The van der Waals surface area contributed by atoms with Gasteiger partial charge in [-0.15, -0.1) is 0 Å². The molecular weight excluding hydrogens is 413 g/mol. The number of anilines is 4. The van der Waals surface area contributed by atoms with Gasteiger partial charge in [0.05, 0.1) is 0 Å². The molecule has 1 aliphatic rings. The summed E-state index contributed by atoms with van der Waals surface area (Å²) in [5.74, 6) is 0.601. The maximum Gasteiger partial charge on any atom is 0.421 e.